The number of fused-ring (bicyclic) bond motifs is 1. The molecule has 1 aliphatic heterocycles. The molecule has 0 amide bonds. The minimum atomic E-state index is -0.936. The second-order valence-corrected chi connectivity index (χ2v) is 8.33. The van der Waals surface area contributed by atoms with Gasteiger partial charge in [-0.3, -0.25) is 4.90 Å². The average molecular weight is 411 g/mol. The highest BCUT2D eigenvalue weighted by molar-refractivity contribution is 7.18. The molecule has 4 nitrogen and oxygen atoms in total. The van der Waals surface area contributed by atoms with Gasteiger partial charge >= 0.3 is 0 Å². The highest BCUT2D eigenvalue weighted by Crippen LogP contribution is 2.37. The summed E-state index contributed by atoms with van der Waals surface area (Å²) in [5.41, 5.74) is 1.82. The van der Waals surface area contributed by atoms with Crippen molar-refractivity contribution in [1.82, 2.24) is 14.9 Å². The number of halogens is 2. The van der Waals surface area contributed by atoms with Crippen molar-refractivity contribution in [2.75, 3.05) is 6.54 Å². The quantitative estimate of drug-likeness (QED) is 0.421. The van der Waals surface area contributed by atoms with Crippen molar-refractivity contribution >= 4 is 21.6 Å². The van der Waals surface area contributed by atoms with E-state index in [4.69, 9.17) is 9.40 Å². The third-order valence-electron chi connectivity index (χ3n) is 5.39. The molecule has 5 rings (SSSR count). The third-order valence-corrected chi connectivity index (χ3v) is 6.52. The zero-order chi connectivity index (χ0) is 20.0. The van der Waals surface area contributed by atoms with Crippen LogP contribution in [0.2, 0.25) is 0 Å². The minimum Gasteiger partial charge on any atom is -0.441 e. The first-order valence-corrected chi connectivity index (χ1v) is 10.4. The summed E-state index contributed by atoms with van der Waals surface area (Å²) < 4.78 is 34.6. The molecule has 2 aromatic carbocycles. The van der Waals surface area contributed by atoms with Crippen LogP contribution < -0.4 is 0 Å². The van der Waals surface area contributed by atoms with E-state index in [1.165, 1.54) is 16.8 Å². The molecule has 148 valence electrons. The van der Waals surface area contributed by atoms with Gasteiger partial charge in [0.1, 0.15) is 10.8 Å². The van der Waals surface area contributed by atoms with E-state index in [-0.39, 0.29) is 17.5 Å². The molecule has 0 N–H and O–H groups in total. The Balaban J connectivity index is 1.42. The standard InChI is InChI=1S/C22H19F2N3OS/c1-13-17(25-21(28-13)14-6-4-7-15(23)20(14)24)12-27-11-5-9-18(27)22-26-16-8-2-3-10-19(16)29-22/h2-4,6-8,10,18H,5,9,11-12H2,1H3. The maximum absolute atomic E-state index is 14.1. The molecule has 3 heterocycles. The zero-order valence-electron chi connectivity index (χ0n) is 15.9. The molecular weight excluding hydrogens is 392 g/mol. The molecule has 1 unspecified atom stereocenters. The van der Waals surface area contributed by atoms with E-state index in [0.717, 1.165) is 41.7 Å². The molecule has 2 aromatic heterocycles. The summed E-state index contributed by atoms with van der Waals surface area (Å²) in [5, 5.41) is 1.11. The highest BCUT2D eigenvalue weighted by Gasteiger charge is 2.30. The topological polar surface area (TPSA) is 42.2 Å². The Labute approximate surface area is 170 Å². The predicted octanol–water partition coefficient (Wildman–Crippen LogP) is 5.88. The van der Waals surface area contributed by atoms with Crippen LogP contribution in [-0.4, -0.2) is 21.4 Å². The van der Waals surface area contributed by atoms with Gasteiger partial charge in [0.25, 0.3) is 0 Å². The second kappa shape index (κ2) is 7.31. The molecule has 1 atom stereocenters. The lowest BCUT2D eigenvalue weighted by atomic mass is 10.2. The van der Waals surface area contributed by atoms with Gasteiger partial charge in [-0.25, -0.2) is 18.7 Å². The largest absolute Gasteiger partial charge is 0.441 e. The Morgan fingerprint density at radius 3 is 2.86 bits per heavy atom. The van der Waals surface area contributed by atoms with E-state index in [1.807, 2.05) is 25.1 Å². The average Bonchev–Trinajstić information content (AvgIpc) is 3.42. The molecule has 1 aliphatic rings. The number of hydrogen-bond acceptors (Lipinski definition) is 5. The van der Waals surface area contributed by atoms with Gasteiger partial charge in [-0.1, -0.05) is 18.2 Å². The van der Waals surface area contributed by atoms with Gasteiger partial charge in [0.05, 0.1) is 27.5 Å². The number of rotatable bonds is 4. The molecule has 0 radical (unpaired) electrons. The summed E-state index contributed by atoms with van der Waals surface area (Å²) in [4.78, 5) is 11.7. The van der Waals surface area contributed by atoms with Crippen LogP contribution in [0.15, 0.2) is 46.9 Å². The number of hydrogen-bond donors (Lipinski definition) is 0. The summed E-state index contributed by atoms with van der Waals surface area (Å²) in [6.45, 7) is 3.34. The molecular formula is C22H19F2N3OS. The SMILES string of the molecule is Cc1oc(-c2cccc(F)c2F)nc1CN1CCCC1c1nc2ccccc2s1. The summed E-state index contributed by atoms with van der Waals surface area (Å²) in [7, 11) is 0. The number of likely N-dealkylation sites (tertiary alicyclic amines) is 1. The lowest BCUT2D eigenvalue weighted by Gasteiger charge is -2.21. The number of oxazole rings is 1. The normalized spacial score (nSPS) is 17.4. The number of para-hydroxylation sites is 1. The fourth-order valence-electron chi connectivity index (χ4n) is 3.88. The van der Waals surface area contributed by atoms with Gasteiger partial charge in [0.15, 0.2) is 11.6 Å². The Kier molecular flexibility index (Phi) is 4.64. The van der Waals surface area contributed by atoms with E-state index in [0.29, 0.717) is 12.3 Å². The van der Waals surface area contributed by atoms with Crippen LogP contribution in [0.25, 0.3) is 21.7 Å². The predicted molar refractivity (Wildman–Crippen MR) is 109 cm³/mol. The van der Waals surface area contributed by atoms with E-state index < -0.39 is 11.6 Å². The Morgan fingerprint density at radius 1 is 1.14 bits per heavy atom. The maximum Gasteiger partial charge on any atom is 0.229 e. The van der Waals surface area contributed by atoms with Crippen LogP contribution in [0.4, 0.5) is 8.78 Å². The lowest BCUT2D eigenvalue weighted by Crippen LogP contribution is -2.23. The first kappa shape index (κ1) is 18.4. The van der Waals surface area contributed by atoms with E-state index >= 15 is 0 Å². The number of thiazole rings is 1. The van der Waals surface area contributed by atoms with Crippen molar-refractivity contribution in [2.45, 2.75) is 32.4 Å². The van der Waals surface area contributed by atoms with Crippen LogP contribution in [-0.2, 0) is 6.54 Å². The minimum absolute atomic E-state index is 0.0449. The molecule has 1 saturated heterocycles. The fourth-order valence-corrected chi connectivity index (χ4v) is 5.02. The molecule has 0 saturated carbocycles. The number of benzene rings is 2. The van der Waals surface area contributed by atoms with E-state index in [9.17, 15) is 8.78 Å². The van der Waals surface area contributed by atoms with Crippen molar-refractivity contribution in [1.29, 1.82) is 0 Å². The summed E-state index contributed by atoms with van der Waals surface area (Å²) in [6, 6.07) is 12.4. The van der Waals surface area contributed by atoms with Crippen LogP contribution >= 0.6 is 11.3 Å². The third kappa shape index (κ3) is 3.34. The van der Waals surface area contributed by atoms with Crippen LogP contribution in [0, 0.1) is 18.6 Å². The van der Waals surface area contributed by atoms with Crippen molar-refractivity contribution in [3.8, 4) is 11.5 Å². The van der Waals surface area contributed by atoms with Gasteiger partial charge in [0.2, 0.25) is 5.89 Å². The van der Waals surface area contributed by atoms with Gasteiger partial charge < -0.3 is 4.42 Å². The van der Waals surface area contributed by atoms with Crippen LogP contribution in [0.1, 0.15) is 35.3 Å². The van der Waals surface area contributed by atoms with Crippen molar-refractivity contribution < 1.29 is 13.2 Å². The molecule has 0 bridgehead atoms. The number of aromatic nitrogens is 2. The van der Waals surface area contributed by atoms with Gasteiger partial charge in [-0.2, -0.15) is 0 Å². The first-order valence-electron chi connectivity index (χ1n) is 9.60. The Bertz CT molecular complexity index is 1150. The molecule has 1 fully saturated rings. The lowest BCUT2D eigenvalue weighted by molar-refractivity contribution is 0.244. The van der Waals surface area contributed by atoms with Gasteiger partial charge in [-0.15, -0.1) is 11.3 Å². The maximum atomic E-state index is 14.1. The van der Waals surface area contributed by atoms with Crippen LogP contribution in [0.3, 0.4) is 0 Å². The fraction of sp³-hybridized carbons (Fsp3) is 0.273. The first-order chi connectivity index (χ1) is 14.1. The molecule has 4 aromatic rings. The van der Waals surface area contributed by atoms with Crippen LogP contribution in [0.5, 0.6) is 0 Å². The summed E-state index contributed by atoms with van der Waals surface area (Å²) in [5.74, 6) is -1.10. The van der Waals surface area contributed by atoms with Crippen molar-refractivity contribution in [3.05, 3.63) is 70.6 Å². The summed E-state index contributed by atoms with van der Waals surface area (Å²) in [6.07, 6.45) is 2.13. The zero-order valence-corrected chi connectivity index (χ0v) is 16.7. The van der Waals surface area contributed by atoms with E-state index in [1.54, 1.807) is 11.3 Å². The number of nitrogens with zero attached hydrogens (tertiary/aromatic N) is 3. The van der Waals surface area contributed by atoms with E-state index in [2.05, 4.69) is 16.0 Å². The summed E-state index contributed by atoms with van der Waals surface area (Å²) >= 11 is 1.73. The number of aryl methyl sites for hydroxylation is 1. The smallest absolute Gasteiger partial charge is 0.229 e. The molecule has 0 spiro atoms. The highest BCUT2D eigenvalue weighted by atomic mass is 32.1. The Morgan fingerprint density at radius 2 is 2.00 bits per heavy atom. The van der Waals surface area contributed by atoms with Crippen molar-refractivity contribution in [2.24, 2.45) is 0 Å². The van der Waals surface area contributed by atoms with Gasteiger partial charge in [-0.05, 0) is 50.6 Å². The van der Waals surface area contributed by atoms with Crippen molar-refractivity contribution in [3.63, 3.8) is 0 Å². The monoisotopic (exact) mass is 411 g/mol. The van der Waals surface area contributed by atoms with Gasteiger partial charge in [0, 0.05) is 6.54 Å². The second-order valence-electron chi connectivity index (χ2n) is 7.27. The molecule has 29 heavy (non-hydrogen) atoms. The molecule has 0 aliphatic carbocycles. The Hall–Kier alpha value is -2.64. The molecule has 7 heteroatoms.